The van der Waals surface area contributed by atoms with Crippen LogP contribution in [-0.4, -0.2) is 12.8 Å². The molecule has 1 saturated heterocycles. The van der Waals surface area contributed by atoms with Crippen LogP contribution >= 0.6 is 15.9 Å². The van der Waals surface area contributed by atoms with Crippen LogP contribution in [0.25, 0.3) is 0 Å². The minimum atomic E-state index is -0.629. The Morgan fingerprint density at radius 2 is 2.50 bits per heavy atom. The lowest BCUT2D eigenvalue weighted by Gasteiger charge is -1.82. The third-order valence-corrected chi connectivity index (χ3v) is 1.18. The maximum atomic E-state index is 10.1. The Labute approximate surface area is 54.4 Å². The number of carbonyl (C=O) groups is 1. The minimum absolute atomic E-state index is 0.240. The highest BCUT2D eigenvalue weighted by Crippen LogP contribution is 2.10. The summed E-state index contributed by atoms with van der Waals surface area (Å²) < 4.78 is 8.86. The van der Waals surface area contributed by atoms with Crippen LogP contribution in [0.2, 0.25) is 0 Å². The largest absolute Gasteiger partial charge is 0.514 e. The van der Waals surface area contributed by atoms with Crippen molar-refractivity contribution in [2.75, 3.05) is 6.61 Å². The average Bonchev–Trinajstić information content (AvgIpc) is 2.14. The molecule has 1 heterocycles. The second kappa shape index (κ2) is 2.17. The van der Waals surface area contributed by atoms with Crippen molar-refractivity contribution in [2.45, 2.75) is 0 Å². The van der Waals surface area contributed by atoms with Crippen LogP contribution in [0.4, 0.5) is 4.79 Å². The van der Waals surface area contributed by atoms with E-state index < -0.39 is 6.16 Å². The van der Waals surface area contributed by atoms with Gasteiger partial charge >= 0.3 is 6.16 Å². The fourth-order valence-corrected chi connectivity index (χ4v) is 0.575. The Morgan fingerprint density at radius 1 is 1.75 bits per heavy atom. The summed E-state index contributed by atoms with van der Waals surface area (Å²) in [4.78, 5) is 11.6. The van der Waals surface area contributed by atoms with Crippen LogP contribution in [0.5, 0.6) is 0 Å². The van der Waals surface area contributed by atoms with Gasteiger partial charge in [0.05, 0.1) is 0 Å². The van der Waals surface area contributed by atoms with Gasteiger partial charge < -0.3 is 9.47 Å². The summed E-state index contributed by atoms with van der Waals surface area (Å²) in [7, 11) is 0. The van der Waals surface area contributed by atoms with Crippen molar-refractivity contribution in [3.63, 3.8) is 0 Å². The van der Waals surface area contributed by atoms with Crippen molar-refractivity contribution in [1.82, 2.24) is 0 Å². The highest BCUT2D eigenvalue weighted by Gasteiger charge is 2.16. The summed E-state index contributed by atoms with van der Waals surface area (Å²) in [6, 6.07) is 0. The normalized spacial score (nSPS) is 23.1. The van der Waals surface area contributed by atoms with E-state index in [-0.39, 0.29) is 6.61 Å². The van der Waals surface area contributed by atoms with Crippen molar-refractivity contribution >= 4 is 22.1 Å². The van der Waals surface area contributed by atoms with Crippen molar-refractivity contribution in [2.24, 2.45) is 0 Å². The van der Waals surface area contributed by atoms with Gasteiger partial charge in [-0.3, -0.25) is 0 Å². The first kappa shape index (κ1) is 5.62. The fourth-order valence-electron chi connectivity index (χ4n) is 0.350. The van der Waals surface area contributed by atoms with E-state index in [1.54, 1.807) is 0 Å². The fraction of sp³-hybridized carbons (Fsp3) is 0.250. The van der Waals surface area contributed by atoms with E-state index in [0.29, 0.717) is 5.76 Å². The smallest absolute Gasteiger partial charge is 0.426 e. The van der Waals surface area contributed by atoms with E-state index in [1.807, 2.05) is 0 Å². The van der Waals surface area contributed by atoms with Crippen molar-refractivity contribution in [3.8, 4) is 0 Å². The molecule has 0 aromatic carbocycles. The molecule has 44 valence electrons. The Morgan fingerprint density at radius 3 is 2.75 bits per heavy atom. The molecule has 0 unspecified atom stereocenters. The molecule has 1 aliphatic rings. The van der Waals surface area contributed by atoms with Gasteiger partial charge in [0.25, 0.3) is 0 Å². The molecule has 8 heavy (non-hydrogen) atoms. The van der Waals surface area contributed by atoms with Gasteiger partial charge in [0.2, 0.25) is 0 Å². The summed E-state index contributed by atoms with van der Waals surface area (Å²) in [6.07, 6.45) is -0.629. The molecule has 0 aromatic heterocycles. The maximum Gasteiger partial charge on any atom is 0.514 e. The lowest BCUT2D eigenvalue weighted by molar-refractivity contribution is 0.136. The number of rotatable bonds is 0. The third kappa shape index (κ3) is 1.01. The van der Waals surface area contributed by atoms with Gasteiger partial charge in [-0.05, 0) is 0 Å². The molecule has 3 nitrogen and oxygen atoms in total. The monoisotopic (exact) mass is 178 g/mol. The zero-order valence-corrected chi connectivity index (χ0v) is 5.47. The second-order valence-corrected chi connectivity index (χ2v) is 1.67. The minimum Gasteiger partial charge on any atom is -0.426 e. The number of carbonyl (C=O) groups excluding carboxylic acids is 1. The number of hydrogen-bond donors (Lipinski definition) is 0. The van der Waals surface area contributed by atoms with Gasteiger partial charge in [0, 0.05) is 4.99 Å². The summed E-state index contributed by atoms with van der Waals surface area (Å²) in [5.74, 6) is 0.509. The quantitative estimate of drug-likeness (QED) is 0.527. The summed E-state index contributed by atoms with van der Waals surface area (Å²) in [5, 5.41) is 0. The number of hydrogen-bond acceptors (Lipinski definition) is 3. The van der Waals surface area contributed by atoms with E-state index in [1.165, 1.54) is 4.99 Å². The zero-order valence-electron chi connectivity index (χ0n) is 3.89. The molecular weight excluding hydrogens is 176 g/mol. The first-order chi connectivity index (χ1) is 3.83. The van der Waals surface area contributed by atoms with E-state index in [0.717, 1.165) is 0 Å². The van der Waals surface area contributed by atoms with Gasteiger partial charge in [0.1, 0.15) is 0 Å². The lowest BCUT2D eigenvalue weighted by atomic mass is 10.6. The summed E-state index contributed by atoms with van der Waals surface area (Å²) in [5.41, 5.74) is 0. The van der Waals surface area contributed by atoms with E-state index in [4.69, 9.17) is 0 Å². The molecular formula is C4H3BrO3. The van der Waals surface area contributed by atoms with E-state index in [2.05, 4.69) is 25.4 Å². The number of cyclic esters (lactones) is 2. The van der Waals surface area contributed by atoms with Gasteiger partial charge in [-0.25, -0.2) is 4.79 Å². The molecule has 0 aliphatic carbocycles. The first-order valence-electron chi connectivity index (χ1n) is 1.97. The Balaban J connectivity index is 2.56. The summed E-state index contributed by atoms with van der Waals surface area (Å²) in [6.45, 7) is 0.240. The molecule has 0 N–H and O–H groups in total. The van der Waals surface area contributed by atoms with Crippen molar-refractivity contribution in [3.05, 3.63) is 10.7 Å². The van der Waals surface area contributed by atoms with Gasteiger partial charge in [0.15, 0.2) is 12.4 Å². The zero-order chi connectivity index (χ0) is 5.98. The van der Waals surface area contributed by atoms with Crippen LogP contribution < -0.4 is 0 Å². The van der Waals surface area contributed by atoms with Gasteiger partial charge in [-0.1, -0.05) is 15.9 Å². The number of halogens is 1. The molecule has 0 bridgehead atoms. The SMILES string of the molecule is O=C1OCC(=CBr)O1. The molecule has 0 amide bonds. The van der Waals surface area contributed by atoms with Crippen LogP contribution in [0, 0.1) is 0 Å². The Bertz CT molecular complexity index is 140. The Kier molecular flexibility index (Phi) is 1.53. The van der Waals surface area contributed by atoms with Crippen LogP contribution in [-0.2, 0) is 9.47 Å². The standard InChI is InChI=1S/C4H3BrO3/c5-1-3-2-7-4(6)8-3/h1H,2H2. The van der Waals surface area contributed by atoms with Crippen molar-refractivity contribution in [1.29, 1.82) is 0 Å². The molecule has 1 rings (SSSR count). The van der Waals surface area contributed by atoms with Crippen LogP contribution in [0.3, 0.4) is 0 Å². The second-order valence-electron chi connectivity index (χ2n) is 1.22. The highest BCUT2D eigenvalue weighted by atomic mass is 79.9. The number of ether oxygens (including phenoxy) is 2. The molecule has 0 atom stereocenters. The maximum absolute atomic E-state index is 10.1. The van der Waals surface area contributed by atoms with E-state index in [9.17, 15) is 4.79 Å². The molecule has 0 radical (unpaired) electrons. The van der Waals surface area contributed by atoms with E-state index >= 15 is 0 Å². The summed E-state index contributed by atoms with van der Waals surface area (Å²) >= 11 is 2.98. The molecule has 1 aliphatic heterocycles. The molecule has 1 fully saturated rings. The topological polar surface area (TPSA) is 35.5 Å². The third-order valence-electron chi connectivity index (χ3n) is 0.668. The van der Waals surface area contributed by atoms with Crippen LogP contribution in [0.15, 0.2) is 10.7 Å². The Hall–Kier alpha value is -0.510. The predicted octanol–water partition coefficient (Wildman–Crippen LogP) is 1.39. The molecule has 0 aromatic rings. The molecule has 0 spiro atoms. The van der Waals surface area contributed by atoms with Crippen molar-refractivity contribution < 1.29 is 14.3 Å². The van der Waals surface area contributed by atoms with Crippen LogP contribution in [0.1, 0.15) is 0 Å². The van der Waals surface area contributed by atoms with Gasteiger partial charge in [-0.2, -0.15) is 0 Å². The average molecular weight is 179 g/mol. The highest BCUT2D eigenvalue weighted by molar-refractivity contribution is 9.11. The first-order valence-corrected chi connectivity index (χ1v) is 2.88. The molecule has 4 heteroatoms. The predicted molar refractivity (Wildman–Crippen MR) is 29.4 cm³/mol. The van der Waals surface area contributed by atoms with Gasteiger partial charge in [-0.15, -0.1) is 0 Å². The molecule has 0 saturated carbocycles. The lowest BCUT2D eigenvalue weighted by Crippen LogP contribution is -1.88.